The minimum absolute atomic E-state index is 0.110. The average molecular weight is 301 g/mol. The van der Waals surface area contributed by atoms with E-state index >= 15 is 0 Å². The lowest BCUT2D eigenvalue weighted by Gasteiger charge is -2.31. The number of nitrogens with zero attached hydrogens (tertiary/aromatic N) is 3. The molecule has 2 aliphatic rings. The molecule has 3 amide bonds. The average Bonchev–Trinajstić information content (AvgIpc) is 2.74. The second-order valence-electron chi connectivity index (χ2n) is 6.17. The van der Waals surface area contributed by atoms with Gasteiger partial charge in [0.2, 0.25) is 0 Å². The molecule has 0 saturated carbocycles. The predicted molar refractivity (Wildman–Crippen MR) is 85.7 cm³/mol. The number of hydrogen-bond acceptors (Lipinski definition) is 3. The molecule has 0 aromatic heterocycles. The van der Waals surface area contributed by atoms with Gasteiger partial charge in [-0.3, -0.25) is 9.69 Å². The summed E-state index contributed by atoms with van der Waals surface area (Å²) in [5.74, 6) is -0.110. The maximum atomic E-state index is 12.3. The molecule has 118 valence electrons. The van der Waals surface area contributed by atoms with E-state index in [2.05, 4.69) is 11.0 Å². The Bertz CT molecular complexity index is 561. The number of likely N-dealkylation sites (N-methyl/N-ethyl adjacent to an activating group) is 1. The van der Waals surface area contributed by atoms with Gasteiger partial charge in [-0.15, -0.1) is 0 Å². The number of carbonyl (C=O) groups excluding carboxylic acids is 2. The van der Waals surface area contributed by atoms with Crippen molar-refractivity contribution in [2.24, 2.45) is 0 Å². The van der Waals surface area contributed by atoms with E-state index in [9.17, 15) is 9.59 Å². The Morgan fingerprint density at radius 1 is 1.09 bits per heavy atom. The molecule has 0 spiro atoms. The number of imide groups is 1. The number of hydrogen-bond donors (Lipinski definition) is 0. The van der Waals surface area contributed by atoms with Crippen LogP contribution in [0.1, 0.15) is 31.7 Å². The van der Waals surface area contributed by atoms with Gasteiger partial charge in [-0.05, 0) is 37.8 Å². The van der Waals surface area contributed by atoms with Crippen molar-refractivity contribution in [1.29, 1.82) is 0 Å². The molecule has 0 unspecified atom stereocenters. The number of rotatable bonds is 3. The lowest BCUT2D eigenvalue weighted by molar-refractivity contribution is -0.128. The van der Waals surface area contributed by atoms with Gasteiger partial charge in [-0.2, -0.15) is 0 Å². The monoisotopic (exact) mass is 301 g/mol. The Labute approximate surface area is 131 Å². The van der Waals surface area contributed by atoms with E-state index in [0.29, 0.717) is 6.54 Å². The van der Waals surface area contributed by atoms with Crippen LogP contribution in [0.25, 0.3) is 0 Å². The van der Waals surface area contributed by atoms with E-state index in [4.69, 9.17) is 0 Å². The predicted octanol–water partition coefficient (Wildman–Crippen LogP) is 2.46. The number of benzene rings is 1. The zero-order valence-electron chi connectivity index (χ0n) is 13.3. The van der Waals surface area contributed by atoms with Gasteiger partial charge < -0.3 is 9.80 Å². The summed E-state index contributed by atoms with van der Waals surface area (Å²) in [6.07, 6.45) is 3.69. The zero-order valence-corrected chi connectivity index (χ0v) is 13.3. The van der Waals surface area contributed by atoms with Crippen molar-refractivity contribution in [3.8, 4) is 0 Å². The van der Waals surface area contributed by atoms with Crippen LogP contribution in [-0.4, -0.2) is 47.9 Å². The molecular weight excluding hydrogens is 278 g/mol. The normalized spacial score (nSPS) is 22.6. The molecule has 0 bridgehead atoms. The first-order valence-corrected chi connectivity index (χ1v) is 8.00. The lowest BCUT2D eigenvalue weighted by atomic mass is 10.1. The molecule has 5 nitrogen and oxygen atoms in total. The molecule has 22 heavy (non-hydrogen) atoms. The quantitative estimate of drug-likeness (QED) is 0.806. The van der Waals surface area contributed by atoms with Gasteiger partial charge in [0.15, 0.2) is 0 Å². The summed E-state index contributed by atoms with van der Waals surface area (Å²) >= 11 is 0. The number of carbonyl (C=O) groups is 2. The lowest BCUT2D eigenvalue weighted by Crippen LogP contribution is -2.34. The highest BCUT2D eigenvalue weighted by molar-refractivity contribution is 6.03. The number of urea groups is 1. The molecule has 1 aromatic rings. The number of piperidine rings is 1. The third-order valence-electron chi connectivity index (χ3n) is 4.75. The number of anilines is 1. The van der Waals surface area contributed by atoms with Gasteiger partial charge in [0, 0.05) is 25.8 Å². The Morgan fingerprint density at radius 3 is 2.41 bits per heavy atom. The highest BCUT2D eigenvalue weighted by Crippen LogP contribution is 2.27. The van der Waals surface area contributed by atoms with Gasteiger partial charge in [0.25, 0.3) is 5.91 Å². The molecule has 2 saturated heterocycles. The molecule has 3 rings (SSSR count). The topological polar surface area (TPSA) is 43.9 Å². The Morgan fingerprint density at radius 2 is 1.77 bits per heavy atom. The van der Waals surface area contributed by atoms with Crippen molar-refractivity contribution in [1.82, 2.24) is 9.80 Å². The summed E-state index contributed by atoms with van der Waals surface area (Å²) in [6, 6.07) is 7.55. The van der Waals surface area contributed by atoms with Gasteiger partial charge in [-0.1, -0.05) is 18.2 Å². The SMILES string of the molecule is C[C@H]1C(=O)N(Cc2ccccc2N2CCCCC2)C(=O)N1C. The third kappa shape index (κ3) is 2.56. The fourth-order valence-corrected chi connectivity index (χ4v) is 3.25. The minimum Gasteiger partial charge on any atom is -0.371 e. The first kappa shape index (κ1) is 14.9. The van der Waals surface area contributed by atoms with E-state index in [0.717, 1.165) is 24.3 Å². The Hall–Kier alpha value is -2.04. The van der Waals surface area contributed by atoms with Gasteiger partial charge in [-0.25, -0.2) is 4.79 Å². The molecule has 1 aromatic carbocycles. The summed E-state index contributed by atoms with van der Waals surface area (Å²) in [5, 5.41) is 0. The number of para-hydroxylation sites is 1. The summed E-state index contributed by atoms with van der Waals surface area (Å²) in [5.41, 5.74) is 2.21. The van der Waals surface area contributed by atoms with Crippen LogP contribution >= 0.6 is 0 Å². The van der Waals surface area contributed by atoms with Crippen molar-refractivity contribution < 1.29 is 9.59 Å². The largest absolute Gasteiger partial charge is 0.371 e. The maximum Gasteiger partial charge on any atom is 0.327 e. The Kier molecular flexibility index (Phi) is 4.05. The standard InChI is InChI=1S/C17H23N3O2/c1-13-16(21)20(17(22)18(13)2)12-14-8-4-5-9-15(14)19-10-6-3-7-11-19/h4-5,8-9,13H,3,6-7,10-12H2,1-2H3/t13-/m0/s1. The van der Waals surface area contributed by atoms with Crippen LogP contribution in [0.5, 0.6) is 0 Å². The van der Waals surface area contributed by atoms with Gasteiger partial charge >= 0.3 is 6.03 Å². The number of amides is 3. The fourth-order valence-electron chi connectivity index (χ4n) is 3.25. The van der Waals surface area contributed by atoms with Crippen molar-refractivity contribution >= 4 is 17.6 Å². The van der Waals surface area contributed by atoms with Crippen LogP contribution in [0, 0.1) is 0 Å². The van der Waals surface area contributed by atoms with Gasteiger partial charge in [0.1, 0.15) is 6.04 Å². The highest BCUT2D eigenvalue weighted by Gasteiger charge is 2.40. The maximum absolute atomic E-state index is 12.3. The molecule has 2 fully saturated rings. The Balaban J connectivity index is 1.84. The van der Waals surface area contributed by atoms with Crippen LogP contribution in [0.3, 0.4) is 0 Å². The first-order chi connectivity index (χ1) is 10.6. The van der Waals surface area contributed by atoms with Crippen molar-refractivity contribution in [3.63, 3.8) is 0 Å². The van der Waals surface area contributed by atoms with Crippen LogP contribution in [0.2, 0.25) is 0 Å². The molecule has 0 radical (unpaired) electrons. The molecule has 0 N–H and O–H groups in total. The highest BCUT2D eigenvalue weighted by atomic mass is 16.2. The smallest absolute Gasteiger partial charge is 0.327 e. The van der Waals surface area contributed by atoms with Crippen molar-refractivity contribution in [2.45, 2.75) is 38.8 Å². The summed E-state index contributed by atoms with van der Waals surface area (Å²) < 4.78 is 0. The molecule has 2 aliphatic heterocycles. The molecule has 0 aliphatic carbocycles. The molecular formula is C17H23N3O2. The van der Waals surface area contributed by atoms with Crippen LogP contribution < -0.4 is 4.90 Å². The van der Waals surface area contributed by atoms with Crippen molar-refractivity contribution in [3.05, 3.63) is 29.8 Å². The molecule has 2 heterocycles. The first-order valence-electron chi connectivity index (χ1n) is 8.00. The summed E-state index contributed by atoms with van der Waals surface area (Å²) in [6.45, 7) is 4.24. The van der Waals surface area contributed by atoms with Gasteiger partial charge in [0.05, 0.1) is 6.54 Å². The van der Waals surface area contributed by atoms with E-state index < -0.39 is 0 Å². The van der Waals surface area contributed by atoms with Crippen LogP contribution in [0.15, 0.2) is 24.3 Å². The molecule has 1 atom stereocenters. The zero-order chi connectivity index (χ0) is 15.7. The fraction of sp³-hybridized carbons (Fsp3) is 0.529. The van der Waals surface area contributed by atoms with Crippen LogP contribution in [-0.2, 0) is 11.3 Å². The van der Waals surface area contributed by atoms with E-state index in [1.807, 2.05) is 18.2 Å². The summed E-state index contributed by atoms with van der Waals surface area (Å²) in [7, 11) is 1.68. The van der Waals surface area contributed by atoms with Crippen LogP contribution in [0.4, 0.5) is 10.5 Å². The van der Waals surface area contributed by atoms with E-state index in [1.54, 1.807) is 14.0 Å². The second kappa shape index (κ2) is 5.99. The van der Waals surface area contributed by atoms with E-state index in [-0.39, 0.29) is 18.0 Å². The van der Waals surface area contributed by atoms with Crippen molar-refractivity contribution in [2.75, 3.05) is 25.0 Å². The molecule has 5 heteroatoms. The summed E-state index contributed by atoms with van der Waals surface area (Å²) in [4.78, 5) is 29.7. The van der Waals surface area contributed by atoms with E-state index in [1.165, 1.54) is 29.1 Å². The second-order valence-corrected chi connectivity index (χ2v) is 6.17. The third-order valence-corrected chi connectivity index (χ3v) is 4.75. The minimum atomic E-state index is -0.366.